The first kappa shape index (κ1) is 13.4. The van der Waals surface area contributed by atoms with Gasteiger partial charge in [-0.05, 0) is 35.6 Å². The monoisotopic (exact) mass is 244 g/mol. The molecule has 1 saturated carbocycles. The molecule has 2 N–H and O–H groups in total. The van der Waals surface area contributed by atoms with Gasteiger partial charge in [-0.25, -0.2) is 0 Å². The lowest BCUT2D eigenvalue weighted by Crippen LogP contribution is -2.04. The van der Waals surface area contributed by atoms with Crippen molar-refractivity contribution in [2.45, 2.75) is 45.6 Å². The Balaban J connectivity index is 0.000000220. The van der Waals surface area contributed by atoms with Crippen molar-refractivity contribution in [1.29, 1.82) is 0 Å². The Morgan fingerprint density at radius 2 is 1.94 bits per heavy atom. The van der Waals surface area contributed by atoms with E-state index in [1.165, 1.54) is 42.4 Å². The first-order valence-corrected chi connectivity index (χ1v) is 7.08. The molecule has 0 aliphatic heterocycles. The van der Waals surface area contributed by atoms with Gasteiger partial charge in [0.25, 0.3) is 0 Å². The van der Waals surface area contributed by atoms with Crippen LogP contribution in [0.4, 0.5) is 0 Å². The summed E-state index contributed by atoms with van der Waals surface area (Å²) in [6.07, 6.45) is 10.2. The molecule has 0 saturated heterocycles. The van der Waals surface area contributed by atoms with E-state index in [1.807, 2.05) is 6.92 Å². The van der Waals surface area contributed by atoms with E-state index >= 15 is 0 Å². The molecule has 1 fully saturated rings. The highest BCUT2D eigenvalue weighted by atomic mass is 14.6. The molecular weight excluding hydrogens is 218 g/mol. The molecule has 0 unspecified atom stereocenters. The van der Waals surface area contributed by atoms with Crippen LogP contribution in [0, 0.1) is 12.3 Å². The van der Waals surface area contributed by atoms with Gasteiger partial charge in [-0.2, -0.15) is 0 Å². The number of nitrogens with two attached hydrogens (primary N) is 1. The lowest BCUT2D eigenvalue weighted by atomic mass is 10.0. The van der Waals surface area contributed by atoms with Crippen LogP contribution in [0.2, 0.25) is 0 Å². The highest BCUT2D eigenvalue weighted by molar-refractivity contribution is 5.87. The summed E-state index contributed by atoms with van der Waals surface area (Å²) in [4.78, 5) is 0. The van der Waals surface area contributed by atoms with E-state index < -0.39 is 0 Å². The maximum Gasteiger partial charge on any atom is 0.0266 e. The summed E-state index contributed by atoms with van der Waals surface area (Å²) in [7, 11) is 0. The van der Waals surface area contributed by atoms with Gasteiger partial charge in [-0.15, -0.1) is 0 Å². The summed E-state index contributed by atoms with van der Waals surface area (Å²) < 4.78 is 0. The molecule has 99 valence electrons. The average Bonchev–Trinajstić information content (AvgIpc) is 3.12. The molecule has 1 heteroatoms. The Kier molecular flexibility index (Phi) is 4.60. The zero-order chi connectivity index (χ0) is 13.0. The van der Waals surface area contributed by atoms with Crippen LogP contribution < -0.4 is 5.73 Å². The van der Waals surface area contributed by atoms with Crippen molar-refractivity contribution in [1.82, 2.24) is 0 Å². The molecule has 0 amide bonds. The SMILES string of the molecule is CC1CCCC1.C[C@@H](N)c1cccc(C2=C[CH]2)c1.[HH]. The van der Waals surface area contributed by atoms with Crippen molar-refractivity contribution in [3.63, 3.8) is 0 Å². The molecule has 1 aromatic carbocycles. The van der Waals surface area contributed by atoms with Crippen LogP contribution in [0.3, 0.4) is 0 Å². The van der Waals surface area contributed by atoms with Gasteiger partial charge in [0, 0.05) is 13.9 Å². The van der Waals surface area contributed by atoms with Crippen molar-refractivity contribution < 1.29 is 1.43 Å². The van der Waals surface area contributed by atoms with E-state index in [0.717, 1.165) is 5.92 Å². The number of hydrogen-bond acceptors (Lipinski definition) is 1. The molecule has 1 aromatic rings. The van der Waals surface area contributed by atoms with Gasteiger partial charge in [0.05, 0.1) is 0 Å². The van der Waals surface area contributed by atoms with Gasteiger partial charge < -0.3 is 5.73 Å². The summed E-state index contributed by atoms with van der Waals surface area (Å²) in [5, 5.41) is 0. The second-order valence-corrected chi connectivity index (χ2v) is 5.59. The molecule has 0 heterocycles. The Morgan fingerprint density at radius 3 is 2.39 bits per heavy atom. The maximum absolute atomic E-state index is 5.77. The summed E-state index contributed by atoms with van der Waals surface area (Å²) in [6, 6.07) is 8.52. The topological polar surface area (TPSA) is 26.0 Å². The molecule has 3 rings (SSSR count). The Morgan fingerprint density at radius 1 is 1.28 bits per heavy atom. The lowest BCUT2D eigenvalue weighted by Gasteiger charge is -2.05. The van der Waals surface area contributed by atoms with Crippen LogP contribution in [0.5, 0.6) is 0 Å². The second-order valence-electron chi connectivity index (χ2n) is 5.59. The molecule has 2 aliphatic rings. The minimum absolute atomic E-state index is 0. The minimum atomic E-state index is 0. The molecule has 0 aromatic heterocycles. The standard InChI is InChI=1S/C11H12N.C6H12.H2/c1-8(12)10-3-2-4-11(7-10)9-5-6-9;1-6-4-2-3-5-6;/h2-8H,12H2,1H3;6H,2-5H2,1H3;1H/t8-;;/m1../s1. The number of hydrogen-bond donors (Lipinski definition) is 1. The fourth-order valence-corrected chi connectivity index (χ4v) is 2.37. The van der Waals surface area contributed by atoms with Gasteiger partial charge in [0.2, 0.25) is 0 Å². The number of rotatable bonds is 2. The molecular formula is C17H26N. The summed E-state index contributed by atoms with van der Waals surface area (Å²) in [6.45, 7) is 4.34. The fraction of sp³-hybridized carbons (Fsp3) is 0.471. The second kappa shape index (κ2) is 6.19. The van der Waals surface area contributed by atoms with Crippen molar-refractivity contribution in [2.24, 2.45) is 11.7 Å². The summed E-state index contributed by atoms with van der Waals surface area (Å²) in [5.41, 5.74) is 9.59. The third-order valence-corrected chi connectivity index (χ3v) is 3.72. The highest BCUT2D eigenvalue weighted by Crippen LogP contribution is 2.30. The average molecular weight is 244 g/mol. The Hall–Kier alpha value is -1.08. The number of allylic oxidation sites excluding steroid dienone is 2. The van der Waals surface area contributed by atoms with Gasteiger partial charge in [0.15, 0.2) is 0 Å². The van der Waals surface area contributed by atoms with Crippen LogP contribution in [-0.4, -0.2) is 0 Å². The van der Waals surface area contributed by atoms with E-state index in [2.05, 4.69) is 43.7 Å². The van der Waals surface area contributed by atoms with E-state index in [4.69, 9.17) is 5.73 Å². The Bertz CT molecular complexity index is 417. The molecule has 1 nitrogen and oxygen atoms in total. The minimum Gasteiger partial charge on any atom is -0.324 e. The van der Waals surface area contributed by atoms with Crippen molar-refractivity contribution in [3.05, 3.63) is 47.9 Å². The fourth-order valence-electron chi connectivity index (χ4n) is 2.37. The van der Waals surface area contributed by atoms with Crippen LogP contribution in [0.1, 0.15) is 58.1 Å². The normalized spacial score (nSPS) is 19.8. The largest absolute Gasteiger partial charge is 0.324 e. The third-order valence-electron chi connectivity index (χ3n) is 3.72. The van der Waals surface area contributed by atoms with Crippen LogP contribution in [-0.2, 0) is 0 Å². The third kappa shape index (κ3) is 3.99. The zero-order valence-electron chi connectivity index (χ0n) is 11.5. The zero-order valence-corrected chi connectivity index (χ0v) is 11.5. The van der Waals surface area contributed by atoms with Gasteiger partial charge in [-0.3, -0.25) is 0 Å². The molecule has 1 radical (unpaired) electrons. The first-order chi connectivity index (χ1) is 8.66. The predicted octanol–water partition coefficient (Wildman–Crippen LogP) is 4.75. The van der Waals surface area contributed by atoms with Gasteiger partial charge >= 0.3 is 0 Å². The van der Waals surface area contributed by atoms with E-state index in [0.29, 0.717) is 0 Å². The Labute approximate surface area is 113 Å². The molecule has 18 heavy (non-hydrogen) atoms. The van der Waals surface area contributed by atoms with E-state index in [1.54, 1.807) is 0 Å². The van der Waals surface area contributed by atoms with E-state index in [9.17, 15) is 0 Å². The number of benzene rings is 1. The lowest BCUT2D eigenvalue weighted by molar-refractivity contribution is 0.612. The van der Waals surface area contributed by atoms with E-state index in [-0.39, 0.29) is 7.47 Å². The summed E-state index contributed by atoms with van der Waals surface area (Å²) >= 11 is 0. The molecule has 2 aliphatic carbocycles. The van der Waals surface area contributed by atoms with Crippen molar-refractivity contribution >= 4 is 5.57 Å². The van der Waals surface area contributed by atoms with Gasteiger partial charge in [0.1, 0.15) is 0 Å². The molecule has 1 atom stereocenters. The maximum atomic E-state index is 5.77. The smallest absolute Gasteiger partial charge is 0.0266 e. The summed E-state index contributed by atoms with van der Waals surface area (Å²) in [5.74, 6) is 1.05. The molecule has 0 spiro atoms. The van der Waals surface area contributed by atoms with Crippen molar-refractivity contribution in [3.8, 4) is 0 Å². The van der Waals surface area contributed by atoms with Crippen LogP contribution >= 0.6 is 0 Å². The van der Waals surface area contributed by atoms with Crippen LogP contribution in [0.15, 0.2) is 30.3 Å². The highest BCUT2D eigenvalue weighted by Gasteiger charge is 2.11. The van der Waals surface area contributed by atoms with Crippen molar-refractivity contribution in [2.75, 3.05) is 0 Å². The van der Waals surface area contributed by atoms with Gasteiger partial charge in [-0.1, -0.05) is 56.9 Å². The first-order valence-electron chi connectivity index (χ1n) is 7.08. The predicted molar refractivity (Wildman–Crippen MR) is 81.1 cm³/mol. The quantitative estimate of drug-likeness (QED) is 0.798. The van der Waals surface area contributed by atoms with Crippen LogP contribution in [0.25, 0.3) is 5.57 Å². The molecule has 0 bridgehead atoms.